The predicted molar refractivity (Wildman–Crippen MR) is 445 cm³/mol. The summed E-state index contributed by atoms with van der Waals surface area (Å²) >= 11 is 0. The van der Waals surface area contributed by atoms with Gasteiger partial charge in [-0.3, -0.25) is 42.1 Å². The first-order valence-electron chi connectivity index (χ1n) is 36.9. The summed E-state index contributed by atoms with van der Waals surface area (Å²) < 4.78 is 26.5. The maximum atomic E-state index is 14.3. The van der Waals surface area contributed by atoms with Crippen molar-refractivity contribution in [3.63, 3.8) is 0 Å². The molecule has 33 heteroatoms. The molecule has 9 N–H and O–H groups in total. The molecule has 582 valence electrons. The number of nitrogens with one attached hydrogen (secondary N) is 3. The molecule has 0 radical (unpaired) electrons. The molecule has 12 aromatic heterocycles. The van der Waals surface area contributed by atoms with Gasteiger partial charge < -0.3 is 46.6 Å². The predicted octanol–water partition coefficient (Wildman–Crippen LogP) is 12.9. The van der Waals surface area contributed by atoms with Gasteiger partial charge in [-0.1, -0.05) is 120 Å². The standard InChI is InChI=1S/3C28H25N9O2/c1-16(33-26-24(25(29)30-15-31-26)27-35-34-17(2)39-27)22-12-18-8-7-11-21(19-13-32-36(3)14-19)23(18)28(38)37(22)20-9-5-4-6-10-20;1-16(33-26-24(25(29)30-15-31-26)27-34-17(2)39-35-27)22-12-18-8-7-11-21(19-13-32-36(3)14-19)23(18)28(38)37(22)20-9-5-4-6-10-20;1-16(33-26-24(25(29)30-15-31-26)27-34-17(2)35-39-27)22-12-18-8-7-11-21(19-13-32-36(3)14-19)23(18)28(38)37(22)20-9-5-4-6-10-20/h3*4-16H,1-3H3,(H3,29,30,31,33)/t3*16-/m000/s1. The van der Waals surface area contributed by atoms with E-state index in [-0.39, 0.29) is 69.9 Å². The van der Waals surface area contributed by atoms with Gasteiger partial charge in [-0.15, -0.1) is 10.2 Å². The quantitative estimate of drug-likeness (QED) is 0.0464. The number of rotatable bonds is 18. The Balaban J connectivity index is 0.000000131. The van der Waals surface area contributed by atoms with Crippen molar-refractivity contribution >= 4 is 67.2 Å². The SMILES string of the molecule is Cc1nc(-c2c(N)ncnc2N[C@@H](C)c2cc3cccc(-c4cnn(C)c4)c3c(=O)n2-c2ccccc2)no1.Cc1nnc(-c2c(N)ncnc2N[C@@H](C)c2cc3cccc(-c4cnn(C)c4)c3c(=O)n2-c2ccccc2)o1.Cc1noc(-c2c(N)ncnc2N[C@@H](C)c2cc3cccc(-c4cnn(C)c4)c3c(=O)n2-c2ccccc2)n1. The smallest absolute Gasteiger partial charge is 0.265 e. The lowest BCUT2D eigenvalue weighted by Gasteiger charge is -2.22. The maximum Gasteiger partial charge on any atom is 0.265 e. The zero-order chi connectivity index (χ0) is 81.3. The highest BCUT2D eigenvalue weighted by Gasteiger charge is 2.28. The number of aromatic nitrogens is 21. The van der Waals surface area contributed by atoms with Crippen LogP contribution in [0.5, 0.6) is 0 Å². The zero-order valence-electron chi connectivity index (χ0n) is 64.6. The van der Waals surface area contributed by atoms with Gasteiger partial charge in [0.25, 0.3) is 28.5 Å². The Hall–Kier alpha value is -16.0. The van der Waals surface area contributed by atoms with Crippen LogP contribution in [0.1, 0.15) is 73.6 Å². The first-order chi connectivity index (χ1) is 56.7. The molecule has 18 aromatic rings. The third kappa shape index (κ3) is 14.9. The van der Waals surface area contributed by atoms with E-state index in [1.54, 1.807) is 67.1 Å². The van der Waals surface area contributed by atoms with Crippen molar-refractivity contribution in [1.29, 1.82) is 0 Å². The molecule has 18 rings (SSSR count). The lowest BCUT2D eigenvalue weighted by atomic mass is 9.99. The summed E-state index contributed by atoms with van der Waals surface area (Å²) in [4.78, 5) is 77.0. The van der Waals surface area contributed by atoms with E-state index in [9.17, 15) is 14.4 Å². The molecule has 0 aliphatic rings. The van der Waals surface area contributed by atoms with E-state index in [1.807, 2.05) is 224 Å². The molecule has 0 aliphatic carbocycles. The number of hydrogen-bond acceptors (Lipinski definition) is 27. The van der Waals surface area contributed by atoms with Crippen LogP contribution >= 0.6 is 0 Å². The van der Waals surface area contributed by atoms with Crippen LogP contribution in [0.15, 0.2) is 248 Å². The van der Waals surface area contributed by atoms with Crippen LogP contribution < -0.4 is 49.8 Å². The van der Waals surface area contributed by atoms with Crippen molar-refractivity contribution in [1.82, 2.24) is 103 Å². The Morgan fingerprint density at radius 3 is 1.09 bits per heavy atom. The van der Waals surface area contributed by atoms with Crippen molar-refractivity contribution in [3.8, 4) is 84.7 Å². The molecule has 0 amide bonds. The van der Waals surface area contributed by atoms with E-state index in [0.717, 1.165) is 83.7 Å². The molecule has 3 atom stereocenters. The Morgan fingerprint density at radius 1 is 0.393 bits per heavy atom. The molecular weight excluding hydrogens is 1480 g/mol. The number of fused-ring (bicyclic) bond motifs is 3. The van der Waals surface area contributed by atoms with Gasteiger partial charge in [0.05, 0.1) is 52.9 Å². The van der Waals surface area contributed by atoms with Crippen LogP contribution in [0.3, 0.4) is 0 Å². The Bertz CT molecular complexity index is 6270. The van der Waals surface area contributed by atoms with Crippen LogP contribution in [-0.2, 0) is 21.1 Å². The summed E-state index contributed by atoms with van der Waals surface area (Å²) in [6.45, 7) is 11.0. The van der Waals surface area contributed by atoms with Crippen molar-refractivity contribution in [3.05, 3.63) is 286 Å². The van der Waals surface area contributed by atoms with Gasteiger partial charge >= 0.3 is 0 Å². The highest BCUT2D eigenvalue weighted by atomic mass is 16.5. The summed E-state index contributed by atoms with van der Waals surface area (Å²) in [5.74, 6) is 3.79. The third-order valence-corrected chi connectivity index (χ3v) is 19.6. The molecule has 0 fully saturated rings. The molecule has 6 aromatic carbocycles. The average molecular weight is 1560 g/mol. The van der Waals surface area contributed by atoms with Gasteiger partial charge in [0, 0.05) is 104 Å². The average Bonchev–Trinajstić information content (AvgIpc) is 1.13. The minimum atomic E-state index is -0.388. The van der Waals surface area contributed by atoms with Gasteiger partial charge in [0.2, 0.25) is 17.6 Å². The molecule has 0 spiro atoms. The minimum Gasteiger partial charge on any atom is -0.421 e. The summed E-state index contributed by atoms with van der Waals surface area (Å²) in [7, 11) is 5.56. The summed E-state index contributed by atoms with van der Waals surface area (Å²) in [6, 6.07) is 51.0. The van der Waals surface area contributed by atoms with Crippen LogP contribution in [0.25, 0.3) is 117 Å². The molecule has 0 unspecified atom stereocenters. The lowest BCUT2D eigenvalue weighted by molar-refractivity contribution is 0.394. The largest absolute Gasteiger partial charge is 0.421 e. The normalized spacial score (nSPS) is 12.1. The second-order valence-corrected chi connectivity index (χ2v) is 27.6. The van der Waals surface area contributed by atoms with Crippen molar-refractivity contribution in [2.45, 2.75) is 59.7 Å². The molecule has 12 heterocycles. The first kappa shape index (κ1) is 75.1. The van der Waals surface area contributed by atoms with Crippen molar-refractivity contribution in [2.75, 3.05) is 33.2 Å². The number of benzene rings is 6. The lowest BCUT2D eigenvalue weighted by Crippen LogP contribution is -2.26. The zero-order valence-corrected chi connectivity index (χ0v) is 64.6. The Morgan fingerprint density at radius 2 is 0.761 bits per heavy atom. The number of anilines is 6. The fraction of sp³-hybridized carbons (Fsp3) is 0.143. The van der Waals surface area contributed by atoms with Gasteiger partial charge in [0.15, 0.2) is 5.82 Å². The van der Waals surface area contributed by atoms with Gasteiger partial charge in [-0.25, -0.2) is 29.9 Å². The molecule has 0 aliphatic heterocycles. The monoisotopic (exact) mass is 1560 g/mol. The number of para-hydroxylation sites is 3. The van der Waals surface area contributed by atoms with Crippen molar-refractivity contribution < 1.29 is 13.5 Å². The topological polar surface area (TPSA) is 428 Å². The van der Waals surface area contributed by atoms with E-state index in [1.165, 1.54) is 19.0 Å². The van der Waals surface area contributed by atoms with Crippen LogP contribution in [0.2, 0.25) is 0 Å². The molecular formula is C84H75N27O6. The number of nitrogens with two attached hydrogens (primary N) is 3. The number of nitrogens with zero attached hydrogens (tertiary/aromatic N) is 21. The Labute approximate surface area is 665 Å². The Kier molecular flexibility index (Phi) is 20.3. The van der Waals surface area contributed by atoms with Gasteiger partial charge in [0.1, 0.15) is 70.6 Å². The van der Waals surface area contributed by atoms with Gasteiger partial charge in [-0.05, 0) is 115 Å². The minimum absolute atomic E-state index is 0.141. The first-order valence-corrected chi connectivity index (χ1v) is 36.9. The highest BCUT2D eigenvalue weighted by molar-refractivity contribution is 5.99. The number of nitrogen functional groups attached to an aromatic ring is 3. The molecule has 33 nitrogen and oxygen atoms in total. The highest BCUT2D eigenvalue weighted by Crippen LogP contribution is 2.39. The fourth-order valence-electron chi connectivity index (χ4n) is 14.2. The molecule has 0 saturated heterocycles. The number of hydrogen-bond donors (Lipinski definition) is 6. The number of pyridine rings is 3. The number of aryl methyl sites for hydroxylation is 6. The van der Waals surface area contributed by atoms with E-state index < -0.39 is 0 Å². The second-order valence-electron chi connectivity index (χ2n) is 27.6. The van der Waals surface area contributed by atoms with E-state index in [2.05, 4.69) is 91.6 Å². The third-order valence-electron chi connectivity index (χ3n) is 19.6. The fourth-order valence-corrected chi connectivity index (χ4v) is 14.2. The van der Waals surface area contributed by atoms with Crippen molar-refractivity contribution in [2.24, 2.45) is 21.1 Å². The molecule has 117 heavy (non-hydrogen) atoms. The summed E-state index contributed by atoms with van der Waals surface area (Å²) in [5.41, 5.74) is 28.9. The van der Waals surface area contributed by atoms with Crippen LogP contribution in [-0.4, -0.2) is 103 Å². The van der Waals surface area contributed by atoms with Crippen LogP contribution in [0.4, 0.5) is 34.9 Å². The van der Waals surface area contributed by atoms with E-state index >= 15 is 0 Å². The van der Waals surface area contributed by atoms with Crippen LogP contribution in [0, 0.1) is 20.8 Å². The summed E-state index contributed by atoms with van der Waals surface area (Å²) in [5, 5.41) is 43.2. The van der Waals surface area contributed by atoms with E-state index in [4.69, 9.17) is 30.7 Å². The molecule has 0 bridgehead atoms. The molecule has 0 saturated carbocycles. The second kappa shape index (κ2) is 31.7. The maximum absolute atomic E-state index is 14.3. The summed E-state index contributed by atoms with van der Waals surface area (Å²) in [6.07, 6.45) is 15.1. The van der Waals surface area contributed by atoms with Gasteiger partial charge in [-0.2, -0.15) is 25.3 Å². The van der Waals surface area contributed by atoms with E-state index in [0.29, 0.717) is 67.9 Å².